The number of hydrogen-bond acceptors (Lipinski definition) is 27. The molecule has 2 saturated heterocycles. The molecule has 4 aromatic carbocycles. The highest BCUT2D eigenvalue weighted by molar-refractivity contribution is 6.62. The van der Waals surface area contributed by atoms with Gasteiger partial charge in [-0.3, -0.25) is 58.1 Å². The van der Waals surface area contributed by atoms with E-state index in [-0.39, 0.29) is 73.3 Å². The number of carbonyl (C=O) groups excluding carboxylic acids is 14. The minimum Gasteiger partial charge on any atom is -0.443 e. The van der Waals surface area contributed by atoms with Crippen molar-refractivity contribution in [3.63, 3.8) is 0 Å². The summed E-state index contributed by atoms with van der Waals surface area (Å²) in [6.45, 7) is 38.8. The van der Waals surface area contributed by atoms with Gasteiger partial charge in [-0.25, -0.2) is 58.4 Å². The molecule has 39 heteroatoms. The lowest BCUT2D eigenvalue weighted by Gasteiger charge is -2.32. The summed E-state index contributed by atoms with van der Waals surface area (Å²) in [7, 11) is -0.504. The van der Waals surface area contributed by atoms with Crippen molar-refractivity contribution in [1.29, 1.82) is 0 Å². The summed E-state index contributed by atoms with van der Waals surface area (Å²) in [5.41, 5.74) is 12.7. The van der Waals surface area contributed by atoms with Crippen molar-refractivity contribution < 1.29 is 105 Å². The number of carbonyl (C=O) groups is 14. The van der Waals surface area contributed by atoms with Crippen LogP contribution in [-0.2, 0) is 96.6 Å². The van der Waals surface area contributed by atoms with E-state index in [1.165, 1.54) is 31.4 Å². The Bertz CT molecular complexity index is 6620. The number of amides is 14. The van der Waals surface area contributed by atoms with Crippen LogP contribution in [0.4, 0.5) is 24.0 Å². The molecule has 0 unspecified atom stereocenters. The summed E-state index contributed by atoms with van der Waals surface area (Å²) in [6.07, 6.45) is 6.93. The SMILES string of the molecule is C1CCOC1.CC(C)(C)OC(=O)N1Cc2c(ccnc2Cl)C1=O.CC(C)(C)OC(=O)N1Cc2cc(-c3nccc4c3CN(C(=O)OC(C)(C)C)C4=O)ccc2C1=O.CC(C)(C)OC(=O)N1Cc2cc(-c3nccc4c3CNC4=O)ccc2C1=O.CC(C)(C)OC(=O)N1Cc2cc(B3OC(C)(C)C(C)(C)O3)ccc2C1=O.O=C1NCc2c1ccnc2Cl.O=C1NCc2cc(-c3nccc4c3CNC4=O)ccc21. The number of pyridine rings is 5. The number of nitrogens with one attached hydrogen (secondary N) is 4. The molecule has 141 heavy (non-hydrogen) atoms. The van der Waals surface area contributed by atoms with Crippen LogP contribution in [0.1, 0.15) is 288 Å². The summed E-state index contributed by atoms with van der Waals surface area (Å²) in [5.74, 6) is -2.23. The van der Waals surface area contributed by atoms with Crippen LogP contribution in [0.3, 0.4) is 0 Å². The predicted octanol–water partition coefficient (Wildman–Crippen LogP) is 15.9. The van der Waals surface area contributed by atoms with Gasteiger partial charge in [-0.15, -0.1) is 0 Å². The molecule has 0 aliphatic carbocycles. The van der Waals surface area contributed by atoms with Crippen LogP contribution in [-0.4, -0.2) is 193 Å². The van der Waals surface area contributed by atoms with Gasteiger partial charge in [0.2, 0.25) is 0 Å². The monoisotopic (exact) mass is 1960 g/mol. The lowest BCUT2D eigenvalue weighted by Crippen LogP contribution is -2.41. The Morgan fingerprint density at radius 2 is 0.610 bits per heavy atom. The molecule has 736 valence electrons. The maximum absolute atomic E-state index is 12.9. The number of ether oxygens (including phenoxy) is 6. The molecule has 0 bridgehead atoms. The van der Waals surface area contributed by atoms with Crippen LogP contribution in [0, 0.1) is 0 Å². The highest BCUT2D eigenvalue weighted by Gasteiger charge is 2.53. The Kier molecular flexibility index (Phi) is 29.2. The maximum Gasteiger partial charge on any atom is 0.494 e. The van der Waals surface area contributed by atoms with Crippen molar-refractivity contribution in [2.45, 2.75) is 243 Å². The van der Waals surface area contributed by atoms with Crippen LogP contribution in [0.2, 0.25) is 10.3 Å². The van der Waals surface area contributed by atoms with Gasteiger partial charge in [0, 0.05) is 165 Å². The molecule has 0 saturated carbocycles. The van der Waals surface area contributed by atoms with E-state index < -0.39 is 94.5 Å². The second-order valence-electron chi connectivity index (χ2n) is 40.3. The zero-order valence-corrected chi connectivity index (χ0v) is 83.2. The molecule has 9 aromatic rings. The molecule has 11 aliphatic rings. The Morgan fingerprint density at radius 1 is 0.326 bits per heavy atom. The van der Waals surface area contributed by atoms with Gasteiger partial charge in [0.05, 0.1) is 61.0 Å². The summed E-state index contributed by atoms with van der Waals surface area (Å²) in [6, 6.07) is 29.8. The normalized spacial score (nSPS) is 16.6. The van der Waals surface area contributed by atoms with Crippen molar-refractivity contribution in [2.75, 3.05) is 13.2 Å². The molecule has 20 rings (SSSR count). The number of nitrogens with zero attached hydrogens (tertiary/aromatic N) is 10. The van der Waals surface area contributed by atoms with E-state index in [0.29, 0.717) is 109 Å². The lowest BCUT2D eigenvalue weighted by atomic mass is 9.78. The van der Waals surface area contributed by atoms with Gasteiger partial charge in [0.15, 0.2) is 0 Å². The minimum absolute atomic E-state index is 0.0327. The molecule has 36 nitrogen and oxygen atoms in total. The van der Waals surface area contributed by atoms with Crippen LogP contribution in [0.15, 0.2) is 134 Å². The number of halogens is 2. The third-order valence-corrected chi connectivity index (χ3v) is 24.2. The highest BCUT2D eigenvalue weighted by Crippen LogP contribution is 2.41. The first-order valence-corrected chi connectivity index (χ1v) is 46.4. The number of rotatable bonds is 4. The van der Waals surface area contributed by atoms with Gasteiger partial charge in [-0.05, 0) is 245 Å². The Labute approximate surface area is 824 Å². The summed E-state index contributed by atoms with van der Waals surface area (Å²) in [4.78, 5) is 197. The molecule has 5 aromatic heterocycles. The molecule has 11 aliphatic heterocycles. The van der Waals surface area contributed by atoms with Crippen LogP contribution < -0.4 is 26.7 Å². The van der Waals surface area contributed by atoms with Crippen molar-refractivity contribution in [2.24, 2.45) is 0 Å². The van der Waals surface area contributed by atoms with E-state index in [0.717, 1.165) is 98.9 Å². The van der Waals surface area contributed by atoms with Gasteiger partial charge in [0.1, 0.15) is 38.3 Å². The largest absolute Gasteiger partial charge is 0.494 e. The molecule has 0 radical (unpaired) electrons. The maximum atomic E-state index is 12.9. The van der Waals surface area contributed by atoms with Gasteiger partial charge in [-0.2, -0.15) is 0 Å². The smallest absolute Gasteiger partial charge is 0.443 e. The Balaban J connectivity index is 0.000000136. The first-order chi connectivity index (χ1) is 66.1. The fourth-order valence-electron chi connectivity index (χ4n) is 16.2. The molecule has 0 atom stereocenters. The van der Waals surface area contributed by atoms with Crippen LogP contribution in [0.5, 0.6) is 0 Å². The van der Waals surface area contributed by atoms with E-state index in [1.54, 1.807) is 183 Å². The van der Waals surface area contributed by atoms with Crippen LogP contribution >= 0.6 is 23.2 Å². The summed E-state index contributed by atoms with van der Waals surface area (Å²) in [5, 5.41) is 11.7. The van der Waals surface area contributed by atoms with E-state index in [1.807, 2.05) is 64.1 Å². The second kappa shape index (κ2) is 40.2. The molecule has 16 heterocycles. The number of aromatic nitrogens is 5. The minimum atomic E-state index is -0.736. The van der Waals surface area contributed by atoms with Crippen LogP contribution in [0.25, 0.3) is 33.8 Å². The first kappa shape index (κ1) is 103. The molecular weight excluding hydrogens is 1850 g/mol. The quantitative estimate of drug-likeness (QED) is 0.0722. The standard InChI is InChI=1S/C25H27N3O6.C20H19N3O4.C19H26BNO5.C15H11N3O2.C12H13ClN2O3.C7H5ClN2O.C4H8O/c1-24(2,3)33-22(31)27-12-15-11-14(7-8-16(15)20(27)29)19-18-13-28(23(32)34-25(4,5)6)21(30)17(18)9-10-26-19;1-20(2,3)27-19(26)23-10-12-8-11(4-5-13(12)18(23)25)16-15-9-22-17(24)14(15)6-7-21-16;1-17(2,3)24-16(23)21-11-12-10-13(8-9-14(12)15(21)22)20-25-18(4,5)19(6,7)26-20;19-14-10-2-1-8(5-9(10)6-17-14)13-12-7-18-15(20)11(12)3-4-16-13;1-12(2,3)18-11(17)15-6-8-7(10(15)16)4-5-14-9(8)13;8-6-5-3-10-7(11)4(5)1-2-9-6;1-2-4-5-3-1/h7-11H,12-13H2,1-6H3;4-8H,9-10H2,1-3H3,(H,22,24);8-10H,11H2,1-7H3;1-5H,6-7H2,(H,17,19)(H,18,20);4-5H,6H2,1-3H3;1-2H,3H2,(H,10,11);1-4H2. The number of hydrogen-bond donors (Lipinski definition) is 4. The molecule has 4 N–H and O–H groups in total. The Hall–Kier alpha value is -14.3. The van der Waals surface area contributed by atoms with E-state index in [2.05, 4.69) is 46.2 Å². The van der Waals surface area contributed by atoms with Gasteiger partial charge >= 0.3 is 37.6 Å². The number of imide groups is 5. The first-order valence-electron chi connectivity index (χ1n) is 45.7. The second-order valence-corrected chi connectivity index (χ2v) is 41.1. The van der Waals surface area contributed by atoms with Crippen molar-refractivity contribution >= 4 is 119 Å². The van der Waals surface area contributed by atoms with E-state index in [9.17, 15) is 67.1 Å². The zero-order chi connectivity index (χ0) is 102. The summed E-state index contributed by atoms with van der Waals surface area (Å²) >= 11 is 11.6. The third kappa shape index (κ3) is 23.1. The van der Waals surface area contributed by atoms with Crippen molar-refractivity contribution in [1.82, 2.24) is 70.7 Å². The fourth-order valence-corrected chi connectivity index (χ4v) is 16.6. The molecule has 0 spiro atoms. The average molecular weight is 1960 g/mol. The summed E-state index contributed by atoms with van der Waals surface area (Å²) < 4.78 is 43.6. The fraction of sp³-hybridized carbons (Fsp3) is 0.382. The van der Waals surface area contributed by atoms with Gasteiger partial charge in [0.25, 0.3) is 53.2 Å². The number of fused-ring (bicyclic) bond motifs is 9. The predicted molar refractivity (Wildman–Crippen MR) is 515 cm³/mol. The van der Waals surface area contributed by atoms with E-state index in [4.69, 9.17) is 60.9 Å². The average Bonchev–Trinajstić information content (AvgIpc) is 1.61. The van der Waals surface area contributed by atoms with E-state index >= 15 is 0 Å². The molecule has 14 amide bonds. The lowest BCUT2D eigenvalue weighted by molar-refractivity contribution is 0.00578. The molecule has 2 fully saturated rings. The highest BCUT2D eigenvalue weighted by atomic mass is 35.5. The van der Waals surface area contributed by atoms with Crippen molar-refractivity contribution in [3.8, 4) is 33.8 Å². The van der Waals surface area contributed by atoms with Gasteiger partial charge < -0.3 is 59.0 Å². The topological polar surface area (TPSA) is 442 Å². The number of benzene rings is 4. The molecular formula is C102H109BCl2N14O22. The van der Waals surface area contributed by atoms with Gasteiger partial charge in [-0.1, -0.05) is 53.5 Å². The zero-order valence-electron chi connectivity index (χ0n) is 81.7. The Morgan fingerprint density at radius 3 is 0.972 bits per heavy atom. The van der Waals surface area contributed by atoms with Crippen molar-refractivity contribution in [3.05, 3.63) is 245 Å². The third-order valence-electron chi connectivity index (χ3n) is 23.6.